The Hall–Kier alpha value is -3.55. The van der Waals surface area contributed by atoms with Gasteiger partial charge in [0.15, 0.2) is 0 Å². The molecule has 0 amide bonds. The first-order valence-corrected chi connectivity index (χ1v) is 7.94. The van der Waals surface area contributed by atoms with E-state index in [2.05, 4.69) is 16.0 Å². The Morgan fingerprint density at radius 1 is 0.893 bits per heavy atom. The molecule has 0 saturated heterocycles. The number of benzene rings is 2. The van der Waals surface area contributed by atoms with Crippen LogP contribution >= 0.6 is 0 Å². The summed E-state index contributed by atoms with van der Waals surface area (Å²) in [7, 11) is 0. The number of hydrogen-bond donors (Lipinski definition) is 1. The second-order valence-corrected chi connectivity index (χ2v) is 5.76. The van der Waals surface area contributed by atoms with Crippen LogP contribution in [0, 0.1) is 5.82 Å². The van der Waals surface area contributed by atoms with Gasteiger partial charge in [0.1, 0.15) is 5.82 Å². The fourth-order valence-electron chi connectivity index (χ4n) is 2.57. The maximum Gasteiger partial charge on any atom is 0.490 e. The first kappa shape index (κ1) is 19.2. The van der Waals surface area contributed by atoms with Crippen LogP contribution < -0.4 is 0 Å². The van der Waals surface area contributed by atoms with Crippen LogP contribution in [0.4, 0.5) is 17.6 Å². The molecule has 0 fully saturated rings. The third-order valence-corrected chi connectivity index (χ3v) is 3.90. The van der Waals surface area contributed by atoms with Crippen molar-refractivity contribution in [3.63, 3.8) is 0 Å². The molecule has 2 aromatic carbocycles. The number of aromatic nitrogens is 2. The van der Waals surface area contributed by atoms with Crippen LogP contribution in [-0.4, -0.2) is 27.2 Å². The number of aliphatic carboxylic acids is 1. The number of alkyl halides is 3. The Bertz CT molecular complexity index is 1140. The maximum atomic E-state index is 13.0. The minimum Gasteiger partial charge on any atom is -0.475 e. The van der Waals surface area contributed by atoms with Crippen molar-refractivity contribution in [2.75, 3.05) is 0 Å². The topological polar surface area (TPSA) is 63.1 Å². The van der Waals surface area contributed by atoms with Gasteiger partial charge in [0.25, 0.3) is 0 Å². The van der Waals surface area contributed by atoms with Crippen LogP contribution in [0.5, 0.6) is 0 Å². The van der Waals surface area contributed by atoms with Crippen LogP contribution in [0.1, 0.15) is 0 Å². The molecule has 0 radical (unpaired) electrons. The highest BCUT2D eigenvalue weighted by Gasteiger charge is 2.38. The number of pyridine rings is 2. The highest BCUT2D eigenvalue weighted by atomic mass is 19.4. The van der Waals surface area contributed by atoms with E-state index in [1.54, 1.807) is 18.3 Å². The van der Waals surface area contributed by atoms with Crippen LogP contribution in [0.3, 0.4) is 0 Å². The quantitative estimate of drug-likeness (QED) is 0.359. The van der Waals surface area contributed by atoms with Crippen molar-refractivity contribution in [1.29, 1.82) is 0 Å². The van der Waals surface area contributed by atoms with E-state index in [9.17, 15) is 17.6 Å². The molecule has 0 unspecified atom stereocenters. The van der Waals surface area contributed by atoms with Crippen molar-refractivity contribution < 1.29 is 27.5 Å². The lowest BCUT2D eigenvalue weighted by atomic mass is 10.0. The summed E-state index contributed by atoms with van der Waals surface area (Å²) in [6.45, 7) is 0. The Kier molecular flexibility index (Phi) is 5.21. The molecule has 8 heteroatoms. The Morgan fingerprint density at radius 3 is 2.21 bits per heavy atom. The van der Waals surface area contributed by atoms with E-state index < -0.39 is 12.1 Å². The first-order valence-electron chi connectivity index (χ1n) is 7.94. The molecule has 0 spiro atoms. The molecule has 0 atom stereocenters. The van der Waals surface area contributed by atoms with E-state index in [-0.39, 0.29) is 5.82 Å². The molecular weight excluding hydrogens is 376 g/mol. The highest BCUT2D eigenvalue weighted by Crippen LogP contribution is 2.28. The van der Waals surface area contributed by atoms with Gasteiger partial charge in [-0.3, -0.25) is 9.97 Å². The van der Waals surface area contributed by atoms with Crippen LogP contribution in [0.2, 0.25) is 0 Å². The summed E-state index contributed by atoms with van der Waals surface area (Å²) in [5.41, 5.74) is 2.85. The molecule has 0 aliphatic rings. The Morgan fingerprint density at radius 2 is 1.57 bits per heavy atom. The average Bonchev–Trinajstić information content (AvgIpc) is 2.68. The number of fused-ring (bicyclic) bond motifs is 3. The molecule has 4 rings (SSSR count). The van der Waals surface area contributed by atoms with Gasteiger partial charge >= 0.3 is 12.1 Å². The van der Waals surface area contributed by atoms with E-state index in [1.165, 1.54) is 12.1 Å². The summed E-state index contributed by atoms with van der Waals surface area (Å²) in [6, 6.07) is 14.6. The summed E-state index contributed by atoms with van der Waals surface area (Å²) < 4.78 is 44.8. The first-order chi connectivity index (χ1) is 13.3. The molecule has 0 bridgehead atoms. The van der Waals surface area contributed by atoms with Gasteiger partial charge in [-0.2, -0.15) is 13.2 Å². The number of carboxylic acid groups (broad SMARTS) is 1. The average molecular weight is 388 g/mol. The molecule has 1 N–H and O–H groups in total. The Balaban J connectivity index is 0.000000279. The fourth-order valence-corrected chi connectivity index (χ4v) is 2.57. The molecule has 0 aliphatic heterocycles. The van der Waals surface area contributed by atoms with Crippen LogP contribution in [0.25, 0.3) is 32.8 Å². The molecular formula is C20H12F4N2O2. The Labute approximate surface area is 156 Å². The number of rotatable bonds is 1. The van der Waals surface area contributed by atoms with E-state index in [0.29, 0.717) is 0 Å². The molecule has 28 heavy (non-hydrogen) atoms. The van der Waals surface area contributed by atoms with Crippen molar-refractivity contribution >= 4 is 27.6 Å². The third kappa shape index (κ3) is 4.22. The number of nitrogens with zero attached hydrogens (tertiary/aromatic N) is 2. The summed E-state index contributed by atoms with van der Waals surface area (Å²) >= 11 is 0. The minimum atomic E-state index is -5.08. The summed E-state index contributed by atoms with van der Waals surface area (Å²) in [5.74, 6) is -2.99. The molecule has 0 aliphatic carbocycles. The van der Waals surface area contributed by atoms with Crippen LogP contribution in [0.15, 0.2) is 67.1 Å². The van der Waals surface area contributed by atoms with Gasteiger partial charge in [-0.15, -0.1) is 0 Å². The smallest absolute Gasteiger partial charge is 0.475 e. The molecule has 4 nitrogen and oxygen atoms in total. The summed E-state index contributed by atoms with van der Waals surface area (Å²) in [5, 5.41) is 10.4. The van der Waals surface area contributed by atoms with Crippen molar-refractivity contribution in [3.8, 4) is 11.1 Å². The number of halogens is 4. The number of hydrogen-bond acceptors (Lipinski definition) is 3. The van der Waals surface area contributed by atoms with Gasteiger partial charge in [0.05, 0.1) is 5.52 Å². The standard InChI is InChI=1S/C18H11FN2.C2HF3O2/c19-15-4-1-12(2-5-15)14-9-16-17-11-20-8-7-13(17)3-6-18(16)21-10-14;3-2(4,5)1(6)7/h1-11H;(H,6,7). The zero-order valence-corrected chi connectivity index (χ0v) is 14.1. The van der Waals surface area contributed by atoms with Crippen molar-refractivity contribution in [2.24, 2.45) is 0 Å². The molecule has 142 valence electrons. The normalized spacial score (nSPS) is 11.1. The largest absolute Gasteiger partial charge is 0.490 e. The van der Waals surface area contributed by atoms with Crippen LogP contribution in [-0.2, 0) is 4.79 Å². The van der Waals surface area contributed by atoms with E-state index in [4.69, 9.17) is 9.90 Å². The predicted molar refractivity (Wildman–Crippen MR) is 96.1 cm³/mol. The van der Waals surface area contributed by atoms with Crippen molar-refractivity contribution in [1.82, 2.24) is 9.97 Å². The van der Waals surface area contributed by atoms with Gasteiger partial charge in [0.2, 0.25) is 0 Å². The number of carbonyl (C=O) groups is 1. The van der Waals surface area contributed by atoms with Gasteiger partial charge in [-0.25, -0.2) is 9.18 Å². The van der Waals surface area contributed by atoms with E-state index in [1.807, 2.05) is 30.6 Å². The zero-order chi connectivity index (χ0) is 20.3. The lowest BCUT2D eigenvalue weighted by Gasteiger charge is -2.06. The van der Waals surface area contributed by atoms with E-state index in [0.717, 1.165) is 32.8 Å². The maximum absolute atomic E-state index is 13.0. The zero-order valence-electron chi connectivity index (χ0n) is 14.1. The van der Waals surface area contributed by atoms with Gasteiger partial charge in [0, 0.05) is 34.9 Å². The predicted octanol–water partition coefficient (Wildman–Crippen LogP) is 5.22. The lowest BCUT2D eigenvalue weighted by molar-refractivity contribution is -0.192. The van der Waals surface area contributed by atoms with Crippen molar-refractivity contribution in [3.05, 3.63) is 72.9 Å². The van der Waals surface area contributed by atoms with Crippen molar-refractivity contribution in [2.45, 2.75) is 6.18 Å². The summed E-state index contributed by atoms with van der Waals surface area (Å²) in [4.78, 5) is 17.6. The van der Waals surface area contributed by atoms with Gasteiger partial charge in [-0.05, 0) is 41.3 Å². The monoisotopic (exact) mass is 388 g/mol. The van der Waals surface area contributed by atoms with Gasteiger partial charge in [-0.1, -0.05) is 18.2 Å². The molecule has 4 aromatic rings. The molecule has 2 aromatic heterocycles. The second-order valence-electron chi connectivity index (χ2n) is 5.76. The second kappa shape index (κ2) is 7.59. The fraction of sp³-hybridized carbons (Fsp3) is 0.0500. The highest BCUT2D eigenvalue weighted by molar-refractivity contribution is 6.06. The third-order valence-electron chi connectivity index (χ3n) is 3.90. The SMILES string of the molecule is Fc1ccc(-c2cnc3ccc4ccncc4c3c2)cc1.O=C(O)C(F)(F)F. The lowest BCUT2D eigenvalue weighted by Crippen LogP contribution is -2.21. The molecule has 0 saturated carbocycles. The van der Waals surface area contributed by atoms with Gasteiger partial charge < -0.3 is 5.11 Å². The minimum absolute atomic E-state index is 0.234. The summed E-state index contributed by atoms with van der Waals surface area (Å²) in [6.07, 6.45) is 0.372. The molecule has 2 heterocycles. The van der Waals surface area contributed by atoms with E-state index >= 15 is 0 Å². The number of carboxylic acids is 1.